The van der Waals surface area contributed by atoms with Crippen LogP contribution in [0.25, 0.3) is 0 Å². The Labute approximate surface area is 143 Å². The van der Waals surface area contributed by atoms with Gasteiger partial charge >= 0.3 is 143 Å². The molecule has 0 aromatic rings. The number of hydrogen-bond acceptors (Lipinski definition) is 2. The average molecular weight is 417 g/mol. The van der Waals surface area contributed by atoms with Crippen LogP contribution in [0.3, 0.4) is 0 Å². The third-order valence-electron chi connectivity index (χ3n) is 4.31. The van der Waals surface area contributed by atoms with Gasteiger partial charge in [0.05, 0.1) is 0 Å². The number of carbonyl (C=O) groups excluding carboxylic acids is 1. The van der Waals surface area contributed by atoms with Crippen molar-refractivity contribution in [2.24, 2.45) is 0 Å². The van der Waals surface area contributed by atoms with Gasteiger partial charge in [0.15, 0.2) is 0 Å². The Morgan fingerprint density at radius 3 is 1.55 bits per heavy atom. The first kappa shape index (κ1) is 22.0. The molecule has 0 unspecified atom stereocenters. The first-order valence-electron chi connectivity index (χ1n) is 9.15. The minimum absolute atomic E-state index is 0.105. The van der Waals surface area contributed by atoms with Crippen LogP contribution in [0.4, 0.5) is 0 Å². The zero-order valence-corrected chi connectivity index (χ0v) is 18.7. The van der Waals surface area contributed by atoms with E-state index in [1.165, 1.54) is 51.8 Å². The molecule has 2 nitrogen and oxygen atoms in total. The van der Waals surface area contributed by atoms with Gasteiger partial charge in [0.1, 0.15) is 0 Å². The molecule has 0 amide bonds. The van der Waals surface area contributed by atoms with Gasteiger partial charge < -0.3 is 0 Å². The fourth-order valence-corrected chi connectivity index (χ4v) is 17.9. The minimum atomic E-state index is -2.68. The molecule has 3 heteroatoms. The molecule has 0 fully saturated rings. The van der Waals surface area contributed by atoms with E-state index in [1.807, 2.05) is 20.8 Å². The molecule has 0 aliphatic rings. The van der Waals surface area contributed by atoms with Crippen molar-refractivity contribution in [1.29, 1.82) is 0 Å². The number of unbranched alkanes of at least 4 members (excludes halogenated alkanes) is 3. The Bertz CT molecular complexity index is 320. The number of esters is 1. The van der Waals surface area contributed by atoms with Crippen molar-refractivity contribution in [2.45, 2.75) is 99.0 Å². The molecule has 0 aromatic heterocycles. The van der Waals surface area contributed by atoms with Crippen molar-refractivity contribution in [3.05, 3.63) is 10.2 Å². The summed E-state index contributed by atoms with van der Waals surface area (Å²) in [6.07, 6.45) is 7.34. The molecule has 22 heavy (non-hydrogen) atoms. The van der Waals surface area contributed by atoms with Gasteiger partial charge in [-0.3, -0.25) is 0 Å². The number of carbonyl (C=O) groups is 1. The third-order valence-corrected chi connectivity index (χ3v) is 19.8. The van der Waals surface area contributed by atoms with Crippen LogP contribution in [0.15, 0.2) is 10.2 Å². The molecule has 0 aliphatic heterocycles. The summed E-state index contributed by atoms with van der Waals surface area (Å²) < 4.78 is 10.4. The Kier molecular flexibility index (Phi) is 10.7. The second kappa shape index (κ2) is 10.7. The third kappa shape index (κ3) is 8.03. The molecule has 130 valence electrons. The molecule has 0 N–H and O–H groups in total. The molecule has 0 heterocycles. The summed E-state index contributed by atoms with van der Waals surface area (Å²) in [5.74, 6) is -0.105. The van der Waals surface area contributed by atoms with E-state index in [-0.39, 0.29) is 5.97 Å². The molecule has 0 rings (SSSR count). The quantitative estimate of drug-likeness (QED) is 0.225. The van der Waals surface area contributed by atoms with Crippen molar-refractivity contribution in [1.82, 2.24) is 0 Å². The summed E-state index contributed by atoms with van der Waals surface area (Å²) in [4.78, 5) is 12.6. The Hall–Kier alpha value is 0.00870. The summed E-state index contributed by atoms with van der Waals surface area (Å²) >= 11 is -2.68. The summed E-state index contributed by atoms with van der Waals surface area (Å²) in [7, 11) is 0. The summed E-state index contributed by atoms with van der Waals surface area (Å²) in [6.45, 7) is 16.8. The first-order valence-corrected chi connectivity index (χ1v) is 16.6. The van der Waals surface area contributed by atoms with Gasteiger partial charge in [-0.2, -0.15) is 0 Å². The van der Waals surface area contributed by atoms with E-state index in [4.69, 9.17) is 4.74 Å². The summed E-state index contributed by atoms with van der Waals surface area (Å²) in [5.41, 5.74) is -0.419. The molecular weight excluding hydrogens is 379 g/mol. The van der Waals surface area contributed by atoms with Gasteiger partial charge in [-0.1, -0.05) is 0 Å². The van der Waals surface area contributed by atoms with E-state index in [0.29, 0.717) is 0 Å². The van der Waals surface area contributed by atoms with E-state index in [2.05, 4.69) is 27.4 Å². The summed E-state index contributed by atoms with van der Waals surface area (Å²) in [6, 6.07) is 0. The Balaban J connectivity index is 5.27. The molecule has 0 aromatic carbocycles. The van der Waals surface area contributed by atoms with Gasteiger partial charge in [-0.05, 0) is 0 Å². The van der Waals surface area contributed by atoms with E-state index < -0.39 is 24.0 Å². The maximum absolute atomic E-state index is 12.6. The van der Waals surface area contributed by atoms with Crippen LogP contribution < -0.4 is 0 Å². The van der Waals surface area contributed by atoms with Crippen molar-refractivity contribution in [3.63, 3.8) is 0 Å². The zero-order chi connectivity index (χ0) is 17.2. The molecule has 0 bridgehead atoms. The molecule has 0 saturated carbocycles. The normalized spacial score (nSPS) is 12.3. The second-order valence-electron chi connectivity index (χ2n) is 7.57. The molecular formula is C19H38O2Sn. The van der Waals surface area contributed by atoms with Crippen molar-refractivity contribution >= 4 is 24.3 Å². The Morgan fingerprint density at radius 2 is 1.27 bits per heavy atom. The number of rotatable bonds is 11. The predicted octanol–water partition coefficient (Wildman–Crippen LogP) is 6.27. The standard InChI is InChI=1S/C7H11O2.3C4H9.Sn/c1-5-6(8)9-7(2,3)4;3*1-3-4-2;/h1H2,2-4H3;3*1,3-4H2,2H3;. The van der Waals surface area contributed by atoms with Crippen LogP contribution in [0.1, 0.15) is 80.1 Å². The second-order valence-corrected chi connectivity index (χ2v) is 20.9. The van der Waals surface area contributed by atoms with Crippen LogP contribution in [-0.4, -0.2) is 29.9 Å². The van der Waals surface area contributed by atoms with Crippen molar-refractivity contribution in [3.8, 4) is 0 Å². The maximum atomic E-state index is 12.6. The van der Waals surface area contributed by atoms with E-state index in [9.17, 15) is 4.79 Å². The number of ether oxygens (including phenoxy) is 1. The van der Waals surface area contributed by atoms with Gasteiger partial charge in [-0.25, -0.2) is 0 Å². The molecule has 0 atom stereocenters. The van der Waals surface area contributed by atoms with Crippen LogP contribution >= 0.6 is 0 Å². The fourth-order valence-electron chi connectivity index (χ4n) is 2.93. The average Bonchev–Trinajstić information content (AvgIpc) is 2.44. The van der Waals surface area contributed by atoms with Crippen LogP contribution in [0.2, 0.25) is 13.3 Å². The van der Waals surface area contributed by atoms with Crippen LogP contribution in [-0.2, 0) is 9.53 Å². The molecule has 0 saturated heterocycles. The van der Waals surface area contributed by atoms with Crippen LogP contribution in [0.5, 0.6) is 0 Å². The zero-order valence-electron chi connectivity index (χ0n) is 15.9. The molecule has 0 radical (unpaired) electrons. The summed E-state index contributed by atoms with van der Waals surface area (Å²) in [5, 5.41) is 0. The van der Waals surface area contributed by atoms with E-state index >= 15 is 0 Å². The van der Waals surface area contributed by atoms with Gasteiger partial charge in [-0.15, -0.1) is 0 Å². The SMILES string of the molecule is C=[C](C(=O)OC(C)(C)C)[Sn]([CH2]CCC)([CH2]CCC)[CH2]CCC. The van der Waals surface area contributed by atoms with Gasteiger partial charge in [0.25, 0.3) is 0 Å². The molecule has 0 spiro atoms. The fraction of sp³-hybridized carbons (Fsp3) is 0.842. The van der Waals surface area contributed by atoms with Gasteiger partial charge in [0, 0.05) is 0 Å². The predicted molar refractivity (Wildman–Crippen MR) is 99.9 cm³/mol. The Morgan fingerprint density at radius 1 is 0.909 bits per heavy atom. The van der Waals surface area contributed by atoms with Crippen molar-refractivity contribution < 1.29 is 9.53 Å². The number of hydrogen-bond donors (Lipinski definition) is 0. The van der Waals surface area contributed by atoms with E-state index in [1.54, 1.807) is 0 Å². The molecule has 0 aliphatic carbocycles. The topological polar surface area (TPSA) is 26.3 Å². The van der Waals surface area contributed by atoms with Crippen LogP contribution in [0, 0.1) is 0 Å². The van der Waals surface area contributed by atoms with Gasteiger partial charge in [0.2, 0.25) is 0 Å². The monoisotopic (exact) mass is 418 g/mol. The van der Waals surface area contributed by atoms with Crippen molar-refractivity contribution in [2.75, 3.05) is 0 Å². The van der Waals surface area contributed by atoms with E-state index in [0.717, 1.165) is 3.59 Å². The first-order chi connectivity index (χ1) is 10.2.